The van der Waals surface area contributed by atoms with Crippen LogP contribution in [0, 0.1) is 0 Å². The predicted molar refractivity (Wildman–Crippen MR) is 86.1 cm³/mol. The molecule has 106 valence electrons. The van der Waals surface area contributed by atoms with Gasteiger partial charge < -0.3 is 4.90 Å². The molecule has 0 spiro atoms. The first-order valence-corrected chi connectivity index (χ1v) is 7.44. The van der Waals surface area contributed by atoms with Crippen LogP contribution >= 0.6 is 34.8 Å². The molecule has 0 fully saturated rings. The predicted octanol–water partition coefficient (Wildman–Crippen LogP) is 4.95. The van der Waals surface area contributed by atoms with Crippen LogP contribution in [0.15, 0.2) is 24.3 Å². The molecular weight excluding hydrogens is 317 g/mol. The highest BCUT2D eigenvalue weighted by molar-refractivity contribution is 6.42. The van der Waals surface area contributed by atoms with Crippen LogP contribution in [0.25, 0.3) is 11.4 Å². The van der Waals surface area contributed by atoms with Gasteiger partial charge in [0.15, 0.2) is 16.8 Å². The number of hydrogen-bond donors (Lipinski definition) is 0. The molecule has 0 radical (unpaired) electrons. The van der Waals surface area contributed by atoms with Crippen molar-refractivity contribution in [3.05, 3.63) is 39.5 Å². The lowest BCUT2D eigenvalue weighted by atomic mass is 10.2. The number of rotatable bonds is 4. The molecule has 0 atom stereocenters. The fourth-order valence-corrected chi connectivity index (χ4v) is 2.36. The first-order chi connectivity index (χ1) is 9.56. The zero-order valence-electron chi connectivity index (χ0n) is 11.2. The van der Waals surface area contributed by atoms with Crippen molar-refractivity contribution in [1.29, 1.82) is 0 Å². The van der Waals surface area contributed by atoms with Gasteiger partial charge in [0.1, 0.15) is 5.02 Å². The molecule has 0 N–H and O–H groups in total. The van der Waals surface area contributed by atoms with E-state index in [0.717, 1.165) is 18.7 Å². The SMILES string of the molecule is CCN(CC)c1nc(-c2ccc(Cl)cc2)nc(Cl)c1Cl. The molecule has 0 bridgehead atoms. The van der Waals surface area contributed by atoms with E-state index in [2.05, 4.69) is 9.97 Å². The summed E-state index contributed by atoms with van der Waals surface area (Å²) in [6, 6.07) is 7.29. The summed E-state index contributed by atoms with van der Waals surface area (Å²) in [5.41, 5.74) is 0.848. The maximum absolute atomic E-state index is 6.21. The van der Waals surface area contributed by atoms with E-state index in [1.54, 1.807) is 12.1 Å². The van der Waals surface area contributed by atoms with Gasteiger partial charge in [0.05, 0.1) is 0 Å². The van der Waals surface area contributed by atoms with Gasteiger partial charge in [-0.25, -0.2) is 9.97 Å². The van der Waals surface area contributed by atoms with Crippen LogP contribution in [0.4, 0.5) is 5.82 Å². The standard InChI is InChI=1S/C14H14Cl3N3/c1-3-20(4-2)14-11(16)12(17)18-13(19-14)9-5-7-10(15)8-6-9/h5-8H,3-4H2,1-2H3. The molecule has 1 aromatic heterocycles. The van der Waals surface area contributed by atoms with Gasteiger partial charge in [0, 0.05) is 23.7 Å². The van der Waals surface area contributed by atoms with Crippen molar-refractivity contribution in [2.24, 2.45) is 0 Å². The van der Waals surface area contributed by atoms with Crippen LogP contribution in [0.1, 0.15) is 13.8 Å². The van der Waals surface area contributed by atoms with Gasteiger partial charge in [-0.05, 0) is 38.1 Å². The normalized spacial score (nSPS) is 10.7. The Morgan fingerprint density at radius 3 is 2.10 bits per heavy atom. The Balaban J connectivity index is 2.53. The van der Waals surface area contributed by atoms with E-state index in [4.69, 9.17) is 34.8 Å². The number of aromatic nitrogens is 2. The smallest absolute Gasteiger partial charge is 0.163 e. The Labute approximate surface area is 133 Å². The monoisotopic (exact) mass is 329 g/mol. The van der Waals surface area contributed by atoms with Gasteiger partial charge in [-0.2, -0.15) is 0 Å². The van der Waals surface area contributed by atoms with Gasteiger partial charge in [-0.3, -0.25) is 0 Å². The van der Waals surface area contributed by atoms with Crippen LogP contribution < -0.4 is 4.90 Å². The van der Waals surface area contributed by atoms with Crippen molar-refractivity contribution < 1.29 is 0 Å². The molecule has 2 aromatic rings. The second-order valence-electron chi connectivity index (χ2n) is 4.15. The summed E-state index contributed by atoms with van der Waals surface area (Å²) in [5.74, 6) is 1.19. The Kier molecular flexibility index (Phi) is 5.08. The number of hydrogen-bond acceptors (Lipinski definition) is 3. The van der Waals surface area contributed by atoms with E-state index in [9.17, 15) is 0 Å². The Hall–Kier alpha value is -1.03. The molecule has 0 saturated carbocycles. The number of halogens is 3. The third-order valence-electron chi connectivity index (χ3n) is 2.96. The third-order valence-corrected chi connectivity index (χ3v) is 3.93. The maximum Gasteiger partial charge on any atom is 0.163 e. The van der Waals surface area contributed by atoms with Crippen LogP contribution in [0.2, 0.25) is 15.2 Å². The number of nitrogens with zero attached hydrogens (tertiary/aromatic N) is 3. The average molecular weight is 331 g/mol. The second-order valence-corrected chi connectivity index (χ2v) is 5.33. The van der Waals surface area contributed by atoms with Gasteiger partial charge >= 0.3 is 0 Å². The number of anilines is 1. The summed E-state index contributed by atoms with van der Waals surface area (Å²) < 4.78 is 0. The van der Waals surface area contributed by atoms with Gasteiger partial charge in [-0.1, -0.05) is 34.8 Å². The van der Waals surface area contributed by atoms with Crippen molar-refractivity contribution >= 4 is 40.6 Å². The van der Waals surface area contributed by atoms with Crippen molar-refractivity contribution in [3.63, 3.8) is 0 Å². The Morgan fingerprint density at radius 2 is 1.55 bits per heavy atom. The van der Waals surface area contributed by atoms with E-state index < -0.39 is 0 Å². The molecule has 0 aliphatic rings. The summed E-state index contributed by atoms with van der Waals surface area (Å²) in [6.07, 6.45) is 0. The van der Waals surface area contributed by atoms with Gasteiger partial charge in [-0.15, -0.1) is 0 Å². The fraction of sp³-hybridized carbons (Fsp3) is 0.286. The summed E-state index contributed by atoms with van der Waals surface area (Å²) in [4.78, 5) is 10.8. The lowest BCUT2D eigenvalue weighted by molar-refractivity contribution is 0.843. The first-order valence-electron chi connectivity index (χ1n) is 6.30. The van der Waals surface area contributed by atoms with E-state index in [1.807, 2.05) is 30.9 Å². The van der Waals surface area contributed by atoms with Crippen LogP contribution in [0.5, 0.6) is 0 Å². The molecule has 3 nitrogen and oxygen atoms in total. The molecular formula is C14H14Cl3N3. The Bertz CT molecular complexity index is 595. The van der Waals surface area contributed by atoms with Gasteiger partial charge in [0.2, 0.25) is 0 Å². The first kappa shape index (κ1) is 15.4. The second kappa shape index (κ2) is 6.61. The Morgan fingerprint density at radius 1 is 0.950 bits per heavy atom. The largest absolute Gasteiger partial charge is 0.356 e. The summed E-state index contributed by atoms with van der Waals surface area (Å²) in [5, 5.41) is 1.30. The van der Waals surface area contributed by atoms with E-state index in [-0.39, 0.29) is 5.15 Å². The summed E-state index contributed by atoms with van der Waals surface area (Å²) >= 11 is 18.2. The third kappa shape index (κ3) is 3.17. The summed E-state index contributed by atoms with van der Waals surface area (Å²) in [7, 11) is 0. The molecule has 0 unspecified atom stereocenters. The lowest BCUT2D eigenvalue weighted by Gasteiger charge is -2.21. The van der Waals surface area contributed by atoms with Crippen molar-refractivity contribution in [3.8, 4) is 11.4 Å². The molecule has 1 aromatic carbocycles. The molecule has 0 saturated heterocycles. The molecule has 20 heavy (non-hydrogen) atoms. The average Bonchev–Trinajstić information content (AvgIpc) is 2.45. The molecule has 0 aliphatic heterocycles. The minimum Gasteiger partial charge on any atom is -0.356 e. The fourth-order valence-electron chi connectivity index (χ4n) is 1.87. The van der Waals surface area contributed by atoms with E-state index >= 15 is 0 Å². The summed E-state index contributed by atoms with van der Waals surface area (Å²) in [6.45, 7) is 5.67. The van der Waals surface area contributed by atoms with Crippen LogP contribution in [0.3, 0.4) is 0 Å². The van der Waals surface area contributed by atoms with E-state index in [1.165, 1.54) is 0 Å². The molecule has 0 amide bonds. The van der Waals surface area contributed by atoms with Crippen molar-refractivity contribution in [2.45, 2.75) is 13.8 Å². The van der Waals surface area contributed by atoms with Crippen molar-refractivity contribution in [1.82, 2.24) is 9.97 Å². The quantitative estimate of drug-likeness (QED) is 0.743. The topological polar surface area (TPSA) is 29.0 Å². The highest BCUT2D eigenvalue weighted by atomic mass is 35.5. The minimum atomic E-state index is 0.258. The van der Waals surface area contributed by atoms with Gasteiger partial charge in [0.25, 0.3) is 0 Å². The lowest BCUT2D eigenvalue weighted by Crippen LogP contribution is -2.23. The molecule has 2 rings (SSSR count). The van der Waals surface area contributed by atoms with Crippen LogP contribution in [-0.2, 0) is 0 Å². The number of benzene rings is 1. The maximum atomic E-state index is 6.21. The van der Waals surface area contributed by atoms with E-state index in [0.29, 0.717) is 21.7 Å². The van der Waals surface area contributed by atoms with Crippen LogP contribution in [-0.4, -0.2) is 23.1 Å². The molecule has 6 heteroatoms. The van der Waals surface area contributed by atoms with Crippen molar-refractivity contribution in [2.75, 3.05) is 18.0 Å². The zero-order valence-corrected chi connectivity index (χ0v) is 13.5. The highest BCUT2D eigenvalue weighted by Gasteiger charge is 2.16. The highest BCUT2D eigenvalue weighted by Crippen LogP contribution is 2.32. The minimum absolute atomic E-state index is 0.258. The molecule has 0 aliphatic carbocycles. The molecule has 1 heterocycles. The zero-order chi connectivity index (χ0) is 14.7.